The third kappa shape index (κ3) is 2.38. The van der Waals surface area contributed by atoms with E-state index in [1.165, 1.54) is 0 Å². The van der Waals surface area contributed by atoms with E-state index in [2.05, 4.69) is 12.2 Å². The second-order valence-electron chi connectivity index (χ2n) is 5.38. The van der Waals surface area contributed by atoms with Crippen LogP contribution in [0, 0.1) is 11.3 Å². The van der Waals surface area contributed by atoms with Crippen LogP contribution in [0.15, 0.2) is 0 Å². The van der Waals surface area contributed by atoms with E-state index in [0.717, 1.165) is 38.7 Å². The Hall–Kier alpha value is -0.680. The summed E-state index contributed by atoms with van der Waals surface area (Å²) < 4.78 is 5.62. The van der Waals surface area contributed by atoms with Crippen LogP contribution in [0.25, 0.3) is 0 Å². The van der Waals surface area contributed by atoms with Crippen molar-refractivity contribution in [3.63, 3.8) is 0 Å². The predicted octanol–water partition coefficient (Wildman–Crippen LogP) is 1.37. The summed E-state index contributed by atoms with van der Waals surface area (Å²) in [5.41, 5.74) is 5.16. The third-order valence-electron chi connectivity index (χ3n) is 4.39. The first kappa shape index (κ1) is 13.7. The molecule has 1 amide bonds. The summed E-state index contributed by atoms with van der Waals surface area (Å²) in [5, 5.41) is 3.03. The lowest BCUT2D eigenvalue weighted by Gasteiger charge is -2.39. The highest BCUT2D eigenvalue weighted by Gasteiger charge is 2.47. The molecule has 0 aromatic rings. The normalized spacial score (nSPS) is 29.6. The van der Waals surface area contributed by atoms with E-state index in [1.807, 2.05) is 0 Å². The van der Waals surface area contributed by atoms with Gasteiger partial charge in [-0.2, -0.15) is 0 Å². The van der Waals surface area contributed by atoms with Crippen LogP contribution in [0.3, 0.4) is 0 Å². The molecule has 2 fully saturated rings. The maximum atomic E-state index is 12.2. The van der Waals surface area contributed by atoms with Crippen LogP contribution in [-0.4, -0.2) is 30.2 Å². The van der Waals surface area contributed by atoms with Crippen molar-refractivity contribution < 1.29 is 9.53 Å². The summed E-state index contributed by atoms with van der Waals surface area (Å²) in [6, 6.07) is 0. The zero-order chi connectivity index (χ0) is 13.2. The standard InChI is InChI=1S/C13H22N2O2S/c1-2-10-9(4-7-17-10)8-15-12(16)13(11(14)18)5-3-6-13/h9-10H,2-8H2,1H3,(H2,14,18)(H,15,16). The van der Waals surface area contributed by atoms with Crippen molar-refractivity contribution in [3.8, 4) is 0 Å². The van der Waals surface area contributed by atoms with E-state index in [-0.39, 0.29) is 12.0 Å². The zero-order valence-electron chi connectivity index (χ0n) is 10.9. The fraction of sp³-hybridized carbons (Fsp3) is 0.846. The number of ether oxygens (including phenoxy) is 1. The maximum Gasteiger partial charge on any atom is 0.233 e. The molecule has 2 unspecified atom stereocenters. The van der Waals surface area contributed by atoms with E-state index in [0.29, 0.717) is 17.5 Å². The van der Waals surface area contributed by atoms with E-state index < -0.39 is 5.41 Å². The first-order valence-corrected chi connectivity index (χ1v) is 7.21. The Morgan fingerprint density at radius 3 is 2.78 bits per heavy atom. The van der Waals surface area contributed by atoms with Gasteiger partial charge >= 0.3 is 0 Å². The molecular formula is C13H22N2O2S. The molecule has 0 aromatic carbocycles. The molecule has 1 aliphatic carbocycles. The summed E-state index contributed by atoms with van der Waals surface area (Å²) in [7, 11) is 0. The average molecular weight is 270 g/mol. The summed E-state index contributed by atoms with van der Waals surface area (Å²) in [5.74, 6) is 0.449. The summed E-state index contributed by atoms with van der Waals surface area (Å²) in [6.07, 6.45) is 4.95. The SMILES string of the molecule is CCC1OCCC1CNC(=O)C1(C(N)=S)CCC1. The van der Waals surface area contributed by atoms with Crippen LogP contribution in [0.5, 0.6) is 0 Å². The Balaban J connectivity index is 1.86. The van der Waals surface area contributed by atoms with Gasteiger partial charge < -0.3 is 15.8 Å². The van der Waals surface area contributed by atoms with Crippen molar-refractivity contribution in [1.82, 2.24) is 5.32 Å². The fourth-order valence-corrected chi connectivity index (χ4v) is 3.18. The van der Waals surface area contributed by atoms with E-state index in [1.54, 1.807) is 0 Å². The molecule has 1 saturated heterocycles. The van der Waals surface area contributed by atoms with Crippen LogP contribution in [-0.2, 0) is 9.53 Å². The molecule has 2 atom stereocenters. The Morgan fingerprint density at radius 1 is 1.56 bits per heavy atom. The van der Waals surface area contributed by atoms with Crippen molar-refractivity contribution in [1.29, 1.82) is 0 Å². The minimum Gasteiger partial charge on any atom is -0.392 e. The molecule has 1 aliphatic heterocycles. The highest BCUT2D eigenvalue weighted by molar-refractivity contribution is 7.80. The van der Waals surface area contributed by atoms with E-state index >= 15 is 0 Å². The van der Waals surface area contributed by atoms with Gasteiger partial charge in [0.05, 0.1) is 16.5 Å². The minimum absolute atomic E-state index is 0.0167. The minimum atomic E-state index is -0.559. The molecule has 3 N–H and O–H groups in total. The average Bonchev–Trinajstić information content (AvgIpc) is 2.71. The van der Waals surface area contributed by atoms with Crippen molar-refractivity contribution >= 4 is 23.1 Å². The quantitative estimate of drug-likeness (QED) is 0.741. The molecule has 2 rings (SSSR count). The number of carbonyl (C=O) groups is 1. The monoisotopic (exact) mass is 270 g/mol. The van der Waals surface area contributed by atoms with Crippen molar-refractivity contribution in [2.45, 2.75) is 45.1 Å². The first-order chi connectivity index (χ1) is 8.60. The fourth-order valence-electron chi connectivity index (χ4n) is 2.89. The summed E-state index contributed by atoms with van der Waals surface area (Å²) in [6.45, 7) is 3.61. The number of nitrogens with one attached hydrogen (secondary N) is 1. The topological polar surface area (TPSA) is 64.3 Å². The zero-order valence-corrected chi connectivity index (χ0v) is 11.7. The molecule has 4 nitrogen and oxygen atoms in total. The molecule has 18 heavy (non-hydrogen) atoms. The van der Waals surface area contributed by atoms with Crippen LogP contribution in [0.2, 0.25) is 0 Å². The van der Waals surface area contributed by atoms with Gasteiger partial charge in [-0.1, -0.05) is 25.6 Å². The highest BCUT2D eigenvalue weighted by Crippen LogP contribution is 2.41. The lowest BCUT2D eigenvalue weighted by molar-refractivity contribution is -0.131. The molecule has 0 bridgehead atoms. The predicted molar refractivity (Wildman–Crippen MR) is 74.2 cm³/mol. The number of hydrogen-bond acceptors (Lipinski definition) is 3. The molecule has 102 valence electrons. The van der Waals surface area contributed by atoms with Crippen LogP contribution >= 0.6 is 12.2 Å². The molecule has 0 radical (unpaired) electrons. The number of thiocarbonyl (C=S) groups is 1. The molecule has 2 aliphatic rings. The Morgan fingerprint density at radius 2 is 2.28 bits per heavy atom. The highest BCUT2D eigenvalue weighted by atomic mass is 32.1. The van der Waals surface area contributed by atoms with Gasteiger partial charge in [0, 0.05) is 19.1 Å². The Bertz CT molecular complexity index is 342. The van der Waals surface area contributed by atoms with Gasteiger partial charge in [0.1, 0.15) is 0 Å². The first-order valence-electron chi connectivity index (χ1n) is 6.80. The molecule has 5 heteroatoms. The molecular weight excluding hydrogens is 248 g/mol. The van der Waals surface area contributed by atoms with Gasteiger partial charge in [0.25, 0.3) is 0 Å². The summed E-state index contributed by atoms with van der Waals surface area (Å²) in [4.78, 5) is 12.6. The van der Waals surface area contributed by atoms with Gasteiger partial charge in [0.15, 0.2) is 0 Å². The van der Waals surface area contributed by atoms with E-state index in [4.69, 9.17) is 22.7 Å². The van der Waals surface area contributed by atoms with Crippen molar-refractivity contribution in [2.24, 2.45) is 17.1 Å². The number of amides is 1. The lowest BCUT2D eigenvalue weighted by Crippen LogP contribution is -2.54. The largest absolute Gasteiger partial charge is 0.392 e. The van der Waals surface area contributed by atoms with Crippen LogP contribution < -0.4 is 11.1 Å². The smallest absolute Gasteiger partial charge is 0.233 e. The number of rotatable bonds is 5. The molecule has 1 saturated carbocycles. The lowest BCUT2D eigenvalue weighted by atomic mass is 9.68. The second kappa shape index (κ2) is 5.53. The number of nitrogens with two attached hydrogens (primary N) is 1. The van der Waals surface area contributed by atoms with Crippen molar-refractivity contribution in [3.05, 3.63) is 0 Å². The van der Waals surface area contributed by atoms with Gasteiger partial charge in [-0.25, -0.2) is 0 Å². The van der Waals surface area contributed by atoms with E-state index in [9.17, 15) is 4.79 Å². The van der Waals surface area contributed by atoms with Crippen molar-refractivity contribution in [2.75, 3.05) is 13.2 Å². The Kier molecular flexibility index (Phi) is 4.22. The number of carbonyl (C=O) groups excluding carboxylic acids is 1. The molecule has 0 aromatic heterocycles. The van der Waals surface area contributed by atoms with Crippen LogP contribution in [0.1, 0.15) is 39.0 Å². The number of hydrogen-bond donors (Lipinski definition) is 2. The Labute approximate surface area is 114 Å². The second-order valence-corrected chi connectivity index (χ2v) is 5.82. The van der Waals surface area contributed by atoms with Gasteiger partial charge in [0.2, 0.25) is 5.91 Å². The third-order valence-corrected chi connectivity index (χ3v) is 4.78. The maximum absolute atomic E-state index is 12.2. The van der Waals surface area contributed by atoms with Gasteiger partial charge in [-0.15, -0.1) is 0 Å². The molecule has 0 spiro atoms. The van der Waals surface area contributed by atoms with Gasteiger partial charge in [-0.3, -0.25) is 4.79 Å². The van der Waals surface area contributed by atoms with Crippen LogP contribution in [0.4, 0.5) is 0 Å². The molecule has 1 heterocycles. The summed E-state index contributed by atoms with van der Waals surface area (Å²) >= 11 is 5.04. The van der Waals surface area contributed by atoms with Gasteiger partial charge in [-0.05, 0) is 25.7 Å².